The highest BCUT2D eigenvalue weighted by Crippen LogP contribution is 2.36. The van der Waals surface area contributed by atoms with Crippen LogP contribution in [0.25, 0.3) is 0 Å². The van der Waals surface area contributed by atoms with Crippen molar-refractivity contribution in [2.75, 3.05) is 11.9 Å². The first-order valence-electron chi connectivity index (χ1n) is 7.31. The molecule has 0 amide bonds. The predicted molar refractivity (Wildman–Crippen MR) is 88.8 cm³/mol. The number of rotatable bonds is 4. The summed E-state index contributed by atoms with van der Waals surface area (Å²) in [4.78, 5) is 1.45. The number of benzene rings is 2. The fourth-order valence-electron chi connectivity index (χ4n) is 2.59. The lowest BCUT2D eigenvalue weighted by molar-refractivity contribution is 0.865. The Morgan fingerprint density at radius 1 is 1.10 bits per heavy atom. The average Bonchev–Trinajstić information content (AvgIpc) is 2.88. The molecule has 2 heteroatoms. The van der Waals surface area contributed by atoms with Crippen molar-refractivity contribution in [3.8, 4) is 0 Å². The van der Waals surface area contributed by atoms with Crippen molar-refractivity contribution in [1.82, 2.24) is 0 Å². The molecule has 0 radical (unpaired) electrons. The van der Waals surface area contributed by atoms with Crippen LogP contribution in [-0.2, 0) is 6.42 Å². The Morgan fingerprint density at radius 2 is 1.85 bits per heavy atom. The summed E-state index contributed by atoms with van der Waals surface area (Å²) in [5, 5.41) is 4.22. The number of thioether (sulfide) groups is 1. The maximum Gasteiger partial charge on any atom is 0.0340 e. The van der Waals surface area contributed by atoms with Crippen LogP contribution in [0, 0.1) is 0 Å². The van der Waals surface area contributed by atoms with E-state index in [4.69, 9.17) is 0 Å². The molecule has 2 aromatic carbocycles. The summed E-state index contributed by atoms with van der Waals surface area (Å²) in [7, 11) is 0. The van der Waals surface area contributed by atoms with E-state index in [1.165, 1.54) is 28.1 Å². The Hall–Kier alpha value is -1.41. The zero-order valence-electron chi connectivity index (χ0n) is 12.1. The third-order valence-corrected chi connectivity index (χ3v) is 5.14. The molecule has 0 saturated carbocycles. The first kappa shape index (κ1) is 13.6. The summed E-state index contributed by atoms with van der Waals surface area (Å²) in [5.74, 6) is 0.601. The lowest BCUT2D eigenvalue weighted by Gasteiger charge is -2.12. The summed E-state index contributed by atoms with van der Waals surface area (Å²) < 4.78 is 0. The van der Waals surface area contributed by atoms with E-state index in [-0.39, 0.29) is 0 Å². The fourth-order valence-corrected chi connectivity index (χ4v) is 3.83. The van der Waals surface area contributed by atoms with E-state index in [2.05, 4.69) is 67.7 Å². The standard InChI is InChI=1S/C18H21NS/c1-13(2)14-7-9-16(10-8-14)19-12-17-11-15-5-3-4-6-18(15)20-17/h3-10,13,17,19H,11-12H2,1-2H3. The molecular weight excluding hydrogens is 262 g/mol. The van der Waals surface area contributed by atoms with Gasteiger partial charge in [-0.05, 0) is 41.7 Å². The molecule has 104 valence electrons. The number of nitrogens with one attached hydrogen (secondary N) is 1. The molecule has 2 aromatic rings. The molecule has 0 spiro atoms. The Bertz CT molecular complexity index is 549. The monoisotopic (exact) mass is 283 g/mol. The number of hydrogen-bond acceptors (Lipinski definition) is 2. The van der Waals surface area contributed by atoms with Crippen molar-refractivity contribution in [1.29, 1.82) is 0 Å². The molecule has 1 unspecified atom stereocenters. The molecule has 0 saturated heterocycles. The molecule has 3 rings (SSSR count). The summed E-state index contributed by atoms with van der Waals surface area (Å²) in [6.45, 7) is 5.49. The second kappa shape index (κ2) is 5.92. The van der Waals surface area contributed by atoms with E-state index >= 15 is 0 Å². The van der Waals surface area contributed by atoms with Gasteiger partial charge in [-0.2, -0.15) is 0 Å². The minimum atomic E-state index is 0.601. The second-order valence-electron chi connectivity index (χ2n) is 5.71. The molecule has 0 aliphatic carbocycles. The van der Waals surface area contributed by atoms with E-state index in [1.54, 1.807) is 0 Å². The smallest absolute Gasteiger partial charge is 0.0340 e. The van der Waals surface area contributed by atoms with E-state index in [1.807, 2.05) is 11.8 Å². The van der Waals surface area contributed by atoms with Crippen LogP contribution in [0.15, 0.2) is 53.4 Å². The van der Waals surface area contributed by atoms with Gasteiger partial charge in [0, 0.05) is 22.4 Å². The van der Waals surface area contributed by atoms with E-state index in [0.717, 1.165) is 6.54 Å². The van der Waals surface area contributed by atoms with Crippen LogP contribution in [0.4, 0.5) is 5.69 Å². The first-order chi connectivity index (χ1) is 9.72. The molecule has 1 aliphatic rings. The molecule has 20 heavy (non-hydrogen) atoms. The van der Waals surface area contributed by atoms with Crippen molar-refractivity contribution in [3.05, 3.63) is 59.7 Å². The highest BCUT2D eigenvalue weighted by molar-refractivity contribution is 8.00. The average molecular weight is 283 g/mol. The Morgan fingerprint density at radius 3 is 2.55 bits per heavy atom. The van der Waals surface area contributed by atoms with Gasteiger partial charge in [0.05, 0.1) is 0 Å². The summed E-state index contributed by atoms with van der Waals surface area (Å²) >= 11 is 2.00. The lowest BCUT2D eigenvalue weighted by Crippen LogP contribution is -2.15. The predicted octanol–water partition coefficient (Wildman–Crippen LogP) is 4.94. The van der Waals surface area contributed by atoms with Gasteiger partial charge < -0.3 is 5.32 Å². The van der Waals surface area contributed by atoms with Crippen molar-refractivity contribution in [2.45, 2.75) is 36.3 Å². The normalized spacial score (nSPS) is 17.2. The van der Waals surface area contributed by atoms with Crippen LogP contribution in [0.5, 0.6) is 0 Å². The van der Waals surface area contributed by atoms with Crippen LogP contribution < -0.4 is 5.32 Å². The molecule has 1 heterocycles. The number of hydrogen-bond donors (Lipinski definition) is 1. The van der Waals surface area contributed by atoms with Crippen LogP contribution in [0.1, 0.15) is 30.9 Å². The maximum absolute atomic E-state index is 3.57. The Kier molecular flexibility index (Phi) is 4.02. The summed E-state index contributed by atoms with van der Waals surface area (Å²) in [6.07, 6.45) is 1.18. The van der Waals surface area contributed by atoms with Gasteiger partial charge in [0.2, 0.25) is 0 Å². The fraction of sp³-hybridized carbons (Fsp3) is 0.333. The summed E-state index contributed by atoms with van der Waals surface area (Å²) in [6, 6.07) is 17.6. The minimum absolute atomic E-state index is 0.601. The lowest BCUT2D eigenvalue weighted by atomic mass is 10.0. The largest absolute Gasteiger partial charge is 0.384 e. The first-order valence-corrected chi connectivity index (χ1v) is 8.19. The van der Waals surface area contributed by atoms with Crippen LogP contribution >= 0.6 is 11.8 Å². The topological polar surface area (TPSA) is 12.0 Å². The third kappa shape index (κ3) is 3.01. The van der Waals surface area contributed by atoms with Crippen molar-refractivity contribution >= 4 is 17.4 Å². The molecular formula is C18H21NS. The molecule has 0 fully saturated rings. The molecule has 1 nitrogen and oxygen atoms in total. The number of anilines is 1. The quantitative estimate of drug-likeness (QED) is 0.853. The molecule has 1 atom stereocenters. The van der Waals surface area contributed by atoms with Crippen molar-refractivity contribution in [3.63, 3.8) is 0 Å². The highest BCUT2D eigenvalue weighted by Gasteiger charge is 2.21. The van der Waals surface area contributed by atoms with Gasteiger partial charge in [0.15, 0.2) is 0 Å². The van der Waals surface area contributed by atoms with Crippen LogP contribution in [0.3, 0.4) is 0 Å². The third-order valence-electron chi connectivity index (χ3n) is 3.83. The van der Waals surface area contributed by atoms with Gasteiger partial charge in [0.1, 0.15) is 0 Å². The van der Waals surface area contributed by atoms with Gasteiger partial charge in [-0.3, -0.25) is 0 Å². The molecule has 1 N–H and O–H groups in total. The van der Waals surface area contributed by atoms with Crippen molar-refractivity contribution < 1.29 is 0 Å². The van der Waals surface area contributed by atoms with Gasteiger partial charge in [-0.25, -0.2) is 0 Å². The summed E-state index contributed by atoms with van der Waals surface area (Å²) in [5.41, 5.74) is 4.13. The van der Waals surface area contributed by atoms with E-state index in [0.29, 0.717) is 11.2 Å². The van der Waals surface area contributed by atoms with Crippen molar-refractivity contribution in [2.24, 2.45) is 0 Å². The second-order valence-corrected chi connectivity index (χ2v) is 7.05. The molecule has 0 bridgehead atoms. The number of fused-ring (bicyclic) bond motifs is 1. The van der Waals surface area contributed by atoms with E-state index in [9.17, 15) is 0 Å². The van der Waals surface area contributed by atoms with Gasteiger partial charge in [-0.1, -0.05) is 44.2 Å². The molecule has 0 aromatic heterocycles. The van der Waals surface area contributed by atoms with Gasteiger partial charge in [0.25, 0.3) is 0 Å². The molecule has 1 aliphatic heterocycles. The van der Waals surface area contributed by atoms with Gasteiger partial charge >= 0.3 is 0 Å². The van der Waals surface area contributed by atoms with Gasteiger partial charge in [-0.15, -0.1) is 11.8 Å². The Balaban J connectivity index is 1.56. The maximum atomic E-state index is 3.57. The highest BCUT2D eigenvalue weighted by atomic mass is 32.2. The zero-order valence-corrected chi connectivity index (χ0v) is 12.9. The minimum Gasteiger partial charge on any atom is -0.384 e. The SMILES string of the molecule is CC(C)c1ccc(NCC2Cc3ccccc3S2)cc1. The van der Waals surface area contributed by atoms with Crippen LogP contribution in [-0.4, -0.2) is 11.8 Å². The zero-order chi connectivity index (χ0) is 13.9. The Labute approximate surface area is 125 Å². The van der Waals surface area contributed by atoms with E-state index < -0.39 is 0 Å². The van der Waals surface area contributed by atoms with Crippen LogP contribution in [0.2, 0.25) is 0 Å².